The van der Waals surface area contributed by atoms with Crippen molar-refractivity contribution in [2.45, 2.75) is 73.3 Å². The van der Waals surface area contributed by atoms with E-state index in [1.54, 1.807) is 12.4 Å². The predicted octanol–water partition coefficient (Wildman–Crippen LogP) is 23.0. The fourth-order valence-electron chi connectivity index (χ4n) is 13.5. The molecular formula is C107H100BBrCl2N6O2P4Pd. The largest absolute Gasteiger partial charge is 0.498 e. The standard InChI is InChI=1S/4C18H15P.C14H12ClN3.C11H15BClNO2.C9H9BrN2.CH4.Pd/c4*1-4-10-16(11-5-1)19(17-12-6-2-7-13-17)18-14-8-3-9-15-18;1-2-18-9-11-8-10(5-6-13(11)17-18)12-4-3-7-16-14(12)15;1-10(2)11(3,4)16-12(15-10)8-6-5-7-14-9(8)13;1-2-12-6-7-5-8(10)3-4-9(7)11-12;;/h4*1-15H;3-9H,2H2,1H3;5-7H,1-4H3;3-6H,2H2,1H3;1H4;. The molecule has 124 heavy (non-hydrogen) atoms. The third kappa shape index (κ3) is 26.2. The number of pyridine rings is 2. The molecule has 5 heterocycles. The van der Waals surface area contributed by atoms with Gasteiger partial charge in [-0.25, -0.2) is 9.97 Å². The van der Waals surface area contributed by atoms with Gasteiger partial charge in [0, 0.05) is 84.6 Å². The topological polar surface area (TPSA) is 79.9 Å². The molecule has 0 saturated carbocycles. The van der Waals surface area contributed by atoms with Crippen molar-refractivity contribution in [2.24, 2.45) is 0 Å². The molecule has 18 aromatic rings. The molecule has 19 rings (SSSR count). The molecule has 0 radical (unpaired) electrons. The normalized spacial score (nSPS) is 12.0. The van der Waals surface area contributed by atoms with Gasteiger partial charge in [-0.2, -0.15) is 10.2 Å². The Balaban J connectivity index is 0.000000141. The number of rotatable bonds is 16. The average molecular weight is 1890 g/mol. The Morgan fingerprint density at radius 2 is 0.556 bits per heavy atom. The van der Waals surface area contributed by atoms with Crippen LogP contribution >= 0.6 is 70.8 Å². The SMILES string of the molecule is C.CC1(C)OB(c2cccnc2Cl)OC1(C)C.CCn1cc2cc(-c3cccnc3Cl)ccc2n1.CCn1cc2cc(Br)ccc2n1.[Pd].c1ccc(P(c2ccccc2)c2ccccc2)cc1.c1ccc(P(c2ccccc2)c2ccccc2)cc1.c1ccc(P(c2ccccc2)c2ccccc2)cc1.c1ccc(P(c2ccccc2)c2ccccc2)cc1. The first kappa shape index (κ1) is 94.4. The molecule has 4 aromatic heterocycles. The van der Waals surface area contributed by atoms with Crippen molar-refractivity contribution in [3.05, 3.63) is 464 Å². The maximum atomic E-state index is 6.11. The zero-order valence-corrected chi connectivity index (χ0v) is 77.7. The van der Waals surface area contributed by atoms with Crippen molar-refractivity contribution in [1.29, 1.82) is 0 Å². The van der Waals surface area contributed by atoms with Crippen molar-refractivity contribution in [1.82, 2.24) is 29.5 Å². The van der Waals surface area contributed by atoms with Crippen molar-refractivity contribution in [2.75, 3.05) is 0 Å². The summed E-state index contributed by atoms with van der Waals surface area (Å²) in [4.78, 5) is 8.13. The summed E-state index contributed by atoms with van der Waals surface area (Å²) in [7, 11) is -2.22. The van der Waals surface area contributed by atoms with Crippen LogP contribution in [0.2, 0.25) is 10.3 Å². The molecule has 0 amide bonds. The van der Waals surface area contributed by atoms with E-state index in [4.69, 9.17) is 32.5 Å². The first-order chi connectivity index (χ1) is 59.7. The number of aryl methyl sites for hydroxylation is 2. The van der Waals surface area contributed by atoms with Gasteiger partial charge in [0.2, 0.25) is 0 Å². The van der Waals surface area contributed by atoms with Gasteiger partial charge >= 0.3 is 7.12 Å². The van der Waals surface area contributed by atoms with Crippen molar-refractivity contribution >= 4 is 169 Å². The molecule has 1 saturated heterocycles. The molecule has 1 aliphatic heterocycles. The van der Waals surface area contributed by atoms with Crippen molar-refractivity contribution in [3.63, 3.8) is 0 Å². The van der Waals surface area contributed by atoms with Crippen LogP contribution < -0.4 is 69.1 Å². The van der Waals surface area contributed by atoms with Gasteiger partial charge in [0.05, 0.1) is 22.2 Å². The molecule has 0 bridgehead atoms. The molecule has 0 aliphatic carbocycles. The number of benzene rings is 14. The van der Waals surface area contributed by atoms with Crippen LogP contribution in [-0.4, -0.2) is 47.8 Å². The molecule has 0 atom stereocenters. The van der Waals surface area contributed by atoms with Crippen LogP contribution in [0.25, 0.3) is 32.9 Å². The quantitative estimate of drug-likeness (QED) is 0.0545. The molecule has 0 N–H and O–H groups in total. The second-order valence-electron chi connectivity index (χ2n) is 29.1. The van der Waals surface area contributed by atoms with Gasteiger partial charge < -0.3 is 9.31 Å². The van der Waals surface area contributed by atoms with Crippen molar-refractivity contribution < 1.29 is 29.7 Å². The second kappa shape index (κ2) is 48.3. The Morgan fingerprint density at radius 3 is 0.806 bits per heavy atom. The predicted molar refractivity (Wildman–Crippen MR) is 539 cm³/mol. The summed E-state index contributed by atoms with van der Waals surface area (Å²) >= 11 is 15.6. The molecule has 14 aromatic carbocycles. The summed E-state index contributed by atoms with van der Waals surface area (Å²) in [5.74, 6) is 0. The van der Waals surface area contributed by atoms with E-state index >= 15 is 0 Å². The molecule has 1 aliphatic rings. The number of fused-ring (bicyclic) bond motifs is 2. The fourth-order valence-corrected chi connectivity index (χ4v) is 23.5. The summed E-state index contributed by atoms with van der Waals surface area (Å²) in [5, 5.41) is 28.9. The third-order valence-electron chi connectivity index (χ3n) is 20.3. The van der Waals surface area contributed by atoms with Crippen LogP contribution in [-0.2, 0) is 42.8 Å². The van der Waals surface area contributed by atoms with E-state index in [1.165, 1.54) is 69.0 Å². The van der Waals surface area contributed by atoms with Gasteiger partial charge in [0.25, 0.3) is 0 Å². The maximum absolute atomic E-state index is 6.11. The Bertz CT molecular complexity index is 5260. The number of hydrogen-bond acceptors (Lipinski definition) is 6. The van der Waals surface area contributed by atoms with Crippen LogP contribution in [0.1, 0.15) is 49.0 Å². The summed E-state index contributed by atoms with van der Waals surface area (Å²) in [6, 6.07) is 149. The Labute approximate surface area is 770 Å². The van der Waals surface area contributed by atoms with Crippen molar-refractivity contribution in [3.8, 4) is 11.1 Å². The molecule has 1 fully saturated rings. The average Bonchev–Trinajstić information content (AvgIpc) is 1.61. The summed E-state index contributed by atoms with van der Waals surface area (Å²) in [6.07, 6.45) is 7.44. The first-order valence-electron chi connectivity index (χ1n) is 40.7. The first-order valence-corrected chi connectivity index (χ1v) is 47.6. The smallest absolute Gasteiger partial charge is 0.399 e. The van der Waals surface area contributed by atoms with Gasteiger partial charge in [0.15, 0.2) is 0 Å². The van der Waals surface area contributed by atoms with Crippen LogP contribution in [0.3, 0.4) is 0 Å². The second-order valence-corrected chi connectivity index (χ2v) is 39.6. The molecule has 0 spiro atoms. The van der Waals surface area contributed by atoms with Gasteiger partial charge in [-0.3, -0.25) is 9.36 Å². The Kier molecular flexibility index (Phi) is 36.8. The molecule has 17 heteroatoms. The van der Waals surface area contributed by atoms with Crippen LogP contribution in [0.15, 0.2) is 454 Å². The molecule has 0 unspecified atom stereocenters. The van der Waals surface area contributed by atoms with E-state index in [0.29, 0.717) is 10.3 Å². The zero-order valence-electron chi connectivity index (χ0n) is 69.5. The molecular weight excluding hydrogens is 1790 g/mol. The number of hydrogen-bond donors (Lipinski definition) is 0. The number of halogens is 3. The summed E-state index contributed by atoms with van der Waals surface area (Å²) < 4.78 is 16.7. The van der Waals surface area contributed by atoms with E-state index in [2.05, 4.69) is 432 Å². The van der Waals surface area contributed by atoms with E-state index < -0.39 is 38.8 Å². The minimum atomic E-state index is -0.446. The van der Waals surface area contributed by atoms with E-state index in [9.17, 15) is 0 Å². The minimum Gasteiger partial charge on any atom is -0.399 e. The van der Waals surface area contributed by atoms with Crippen LogP contribution in [0.4, 0.5) is 0 Å². The van der Waals surface area contributed by atoms with E-state index in [1.807, 2.05) is 91.8 Å². The number of nitrogens with zero attached hydrogens (tertiary/aromatic N) is 6. The maximum Gasteiger partial charge on any atom is 0.498 e. The van der Waals surface area contributed by atoms with Gasteiger partial charge in [-0.05, 0) is 191 Å². The number of aromatic nitrogens is 6. The fraction of sp³-hybridized carbons (Fsp3) is 0.103. The van der Waals surface area contributed by atoms with Gasteiger partial charge in [-0.1, -0.05) is 423 Å². The van der Waals surface area contributed by atoms with Crippen LogP contribution in [0.5, 0.6) is 0 Å². The Hall–Kier alpha value is -10.3. The summed E-state index contributed by atoms with van der Waals surface area (Å²) in [6.45, 7) is 14.0. The minimum absolute atomic E-state index is 0. The van der Waals surface area contributed by atoms with Gasteiger partial charge in [0.1, 0.15) is 10.3 Å². The zero-order chi connectivity index (χ0) is 84.7. The monoisotopic (exact) mass is 1890 g/mol. The summed E-state index contributed by atoms with van der Waals surface area (Å²) in [5.41, 5.74) is 4.15. The Morgan fingerprint density at radius 1 is 0.315 bits per heavy atom. The molecule has 624 valence electrons. The van der Waals surface area contributed by atoms with E-state index in [-0.39, 0.29) is 39.1 Å². The van der Waals surface area contributed by atoms with E-state index in [0.717, 1.165) is 50.6 Å². The van der Waals surface area contributed by atoms with Crippen LogP contribution in [0, 0.1) is 0 Å². The third-order valence-corrected chi connectivity index (χ3v) is 31.1. The van der Waals surface area contributed by atoms with Gasteiger partial charge in [-0.15, -0.1) is 0 Å². The molecule has 8 nitrogen and oxygen atoms in total.